The highest BCUT2D eigenvalue weighted by molar-refractivity contribution is 5.76. The molecule has 138 valence electrons. The van der Waals surface area contributed by atoms with Gasteiger partial charge in [-0.15, -0.1) is 0 Å². The van der Waals surface area contributed by atoms with Gasteiger partial charge < -0.3 is 14.8 Å². The molecule has 3 rings (SSSR count). The standard InChI is InChI=1S/C21H24FNO3/c1-2-15-3-5-16(6-4-15)7-8-20(24)23-10-9-17-11-19(22)12-18-13-25-14-26-21(17)18/h3-6,11-12H,2,7-10,13-14H2,1H3,(H,23,24). The Hall–Kier alpha value is -2.40. The molecule has 0 radical (unpaired) electrons. The maximum Gasteiger partial charge on any atom is 0.220 e. The second kappa shape index (κ2) is 8.81. The number of nitrogens with one attached hydrogen (secondary N) is 1. The zero-order valence-corrected chi connectivity index (χ0v) is 15.0. The molecular formula is C21H24FNO3. The minimum atomic E-state index is -0.310. The molecule has 1 N–H and O–H groups in total. The molecule has 0 fully saturated rings. The summed E-state index contributed by atoms with van der Waals surface area (Å²) in [5, 5.41) is 2.90. The lowest BCUT2D eigenvalue weighted by Gasteiger charge is -2.21. The molecule has 0 aromatic heterocycles. The van der Waals surface area contributed by atoms with E-state index < -0.39 is 0 Å². The van der Waals surface area contributed by atoms with Gasteiger partial charge in [0.05, 0.1) is 6.61 Å². The first-order valence-corrected chi connectivity index (χ1v) is 9.02. The van der Waals surface area contributed by atoms with Crippen LogP contribution in [0.4, 0.5) is 4.39 Å². The average molecular weight is 357 g/mol. The summed E-state index contributed by atoms with van der Waals surface area (Å²) in [4.78, 5) is 12.0. The maximum absolute atomic E-state index is 13.7. The van der Waals surface area contributed by atoms with Crippen LogP contribution in [0.3, 0.4) is 0 Å². The van der Waals surface area contributed by atoms with Crippen LogP contribution in [-0.2, 0) is 35.4 Å². The van der Waals surface area contributed by atoms with Crippen molar-refractivity contribution < 1.29 is 18.7 Å². The van der Waals surface area contributed by atoms with Crippen molar-refractivity contribution in [2.45, 2.75) is 39.2 Å². The summed E-state index contributed by atoms with van der Waals surface area (Å²) in [6.45, 7) is 3.10. The van der Waals surface area contributed by atoms with Crippen molar-refractivity contribution in [1.82, 2.24) is 5.32 Å². The number of ether oxygens (including phenoxy) is 2. The van der Waals surface area contributed by atoms with Gasteiger partial charge in [-0.3, -0.25) is 4.79 Å². The summed E-state index contributed by atoms with van der Waals surface area (Å²) in [6.07, 6.45) is 2.69. The summed E-state index contributed by atoms with van der Waals surface area (Å²) in [5.41, 5.74) is 3.93. The van der Waals surface area contributed by atoms with Crippen LogP contribution in [0, 0.1) is 5.82 Å². The number of carbonyl (C=O) groups excluding carboxylic acids is 1. The highest BCUT2D eigenvalue weighted by Crippen LogP contribution is 2.29. The second-order valence-electron chi connectivity index (χ2n) is 6.43. The van der Waals surface area contributed by atoms with Crippen LogP contribution < -0.4 is 10.1 Å². The molecule has 0 atom stereocenters. The fourth-order valence-electron chi connectivity index (χ4n) is 3.07. The number of benzene rings is 2. The van der Waals surface area contributed by atoms with Crippen LogP contribution in [0.15, 0.2) is 36.4 Å². The van der Waals surface area contributed by atoms with E-state index in [-0.39, 0.29) is 18.5 Å². The van der Waals surface area contributed by atoms with Crippen LogP contribution in [0.1, 0.15) is 35.6 Å². The Morgan fingerprint density at radius 2 is 1.92 bits per heavy atom. The van der Waals surface area contributed by atoms with Gasteiger partial charge in [-0.25, -0.2) is 4.39 Å². The SMILES string of the molecule is CCc1ccc(CCC(=O)NCCc2cc(F)cc3c2OCOC3)cc1. The molecule has 26 heavy (non-hydrogen) atoms. The molecule has 5 heteroatoms. The number of hydrogen-bond donors (Lipinski definition) is 1. The van der Waals surface area contributed by atoms with E-state index in [0.29, 0.717) is 43.7 Å². The summed E-state index contributed by atoms with van der Waals surface area (Å²) in [5.74, 6) is 0.372. The molecule has 0 saturated heterocycles. The van der Waals surface area contributed by atoms with Gasteiger partial charge in [-0.2, -0.15) is 0 Å². The monoisotopic (exact) mass is 357 g/mol. The lowest BCUT2D eigenvalue weighted by molar-refractivity contribution is -0.121. The van der Waals surface area contributed by atoms with E-state index in [4.69, 9.17) is 9.47 Å². The number of fused-ring (bicyclic) bond motifs is 1. The van der Waals surface area contributed by atoms with Crippen LogP contribution in [0.2, 0.25) is 0 Å². The Labute approximate surface area is 153 Å². The number of carbonyl (C=O) groups is 1. The van der Waals surface area contributed by atoms with E-state index in [9.17, 15) is 9.18 Å². The molecule has 1 aliphatic rings. The van der Waals surface area contributed by atoms with Gasteiger partial charge in [-0.1, -0.05) is 31.2 Å². The van der Waals surface area contributed by atoms with Crippen molar-refractivity contribution in [2.75, 3.05) is 13.3 Å². The van der Waals surface area contributed by atoms with Gasteiger partial charge in [0.25, 0.3) is 0 Å². The topological polar surface area (TPSA) is 47.6 Å². The first-order chi connectivity index (χ1) is 12.7. The molecule has 2 aromatic rings. The zero-order chi connectivity index (χ0) is 18.4. The average Bonchev–Trinajstić information content (AvgIpc) is 2.66. The zero-order valence-electron chi connectivity index (χ0n) is 15.0. The first-order valence-electron chi connectivity index (χ1n) is 9.02. The van der Waals surface area contributed by atoms with E-state index >= 15 is 0 Å². The minimum Gasteiger partial charge on any atom is -0.467 e. The van der Waals surface area contributed by atoms with Gasteiger partial charge in [0.1, 0.15) is 11.6 Å². The molecule has 0 spiro atoms. The third-order valence-electron chi connectivity index (χ3n) is 4.54. The molecular weight excluding hydrogens is 333 g/mol. The first kappa shape index (κ1) is 18.4. The fourth-order valence-corrected chi connectivity index (χ4v) is 3.07. The normalized spacial score (nSPS) is 13.0. The van der Waals surface area contributed by atoms with E-state index in [0.717, 1.165) is 17.5 Å². The Morgan fingerprint density at radius 1 is 1.15 bits per heavy atom. The van der Waals surface area contributed by atoms with Crippen molar-refractivity contribution in [3.05, 3.63) is 64.5 Å². The Bertz CT molecular complexity index is 759. The highest BCUT2D eigenvalue weighted by Gasteiger charge is 2.16. The fraction of sp³-hybridized carbons (Fsp3) is 0.381. The van der Waals surface area contributed by atoms with Gasteiger partial charge in [0.15, 0.2) is 6.79 Å². The van der Waals surface area contributed by atoms with Gasteiger partial charge in [0, 0.05) is 18.5 Å². The van der Waals surface area contributed by atoms with E-state index in [1.54, 1.807) is 0 Å². The predicted octanol–water partition coefficient (Wildman–Crippen LogP) is 3.55. The lowest BCUT2D eigenvalue weighted by atomic mass is 10.0. The van der Waals surface area contributed by atoms with E-state index in [2.05, 4.69) is 36.5 Å². The number of aryl methyl sites for hydroxylation is 2. The van der Waals surface area contributed by atoms with Crippen molar-refractivity contribution >= 4 is 5.91 Å². The van der Waals surface area contributed by atoms with Crippen LogP contribution in [-0.4, -0.2) is 19.2 Å². The number of rotatable bonds is 7. The number of amides is 1. The lowest BCUT2D eigenvalue weighted by Crippen LogP contribution is -2.26. The molecule has 1 aliphatic heterocycles. The van der Waals surface area contributed by atoms with Crippen molar-refractivity contribution in [2.24, 2.45) is 0 Å². The number of hydrogen-bond acceptors (Lipinski definition) is 3. The summed E-state index contributed by atoms with van der Waals surface area (Å²) >= 11 is 0. The third-order valence-corrected chi connectivity index (χ3v) is 4.54. The van der Waals surface area contributed by atoms with Crippen molar-refractivity contribution in [1.29, 1.82) is 0 Å². The van der Waals surface area contributed by atoms with Crippen molar-refractivity contribution in [3.8, 4) is 5.75 Å². The Kier molecular flexibility index (Phi) is 6.23. The van der Waals surface area contributed by atoms with Crippen LogP contribution >= 0.6 is 0 Å². The third kappa shape index (κ3) is 4.82. The molecule has 2 aromatic carbocycles. The summed E-state index contributed by atoms with van der Waals surface area (Å²) in [6, 6.07) is 11.2. The Balaban J connectivity index is 1.47. The number of halogens is 1. The Morgan fingerprint density at radius 3 is 2.69 bits per heavy atom. The summed E-state index contributed by atoms with van der Waals surface area (Å²) < 4.78 is 24.4. The maximum atomic E-state index is 13.7. The largest absolute Gasteiger partial charge is 0.467 e. The van der Waals surface area contributed by atoms with E-state index in [1.165, 1.54) is 17.7 Å². The van der Waals surface area contributed by atoms with Crippen molar-refractivity contribution in [3.63, 3.8) is 0 Å². The molecule has 0 unspecified atom stereocenters. The molecule has 4 nitrogen and oxygen atoms in total. The molecule has 0 aliphatic carbocycles. The van der Waals surface area contributed by atoms with Gasteiger partial charge in [0.2, 0.25) is 5.91 Å². The summed E-state index contributed by atoms with van der Waals surface area (Å²) in [7, 11) is 0. The smallest absolute Gasteiger partial charge is 0.220 e. The van der Waals surface area contributed by atoms with Crippen LogP contribution in [0.5, 0.6) is 5.75 Å². The minimum absolute atomic E-state index is 0.000842. The second-order valence-corrected chi connectivity index (χ2v) is 6.43. The van der Waals surface area contributed by atoms with Crippen LogP contribution in [0.25, 0.3) is 0 Å². The van der Waals surface area contributed by atoms with Gasteiger partial charge in [-0.05, 0) is 48.1 Å². The molecule has 1 amide bonds. The van der Waals surface area contributed by atoms with E-state index in [1.807, 2.05) is 0 Å². The molecule has 0 saturated carbocycles. The quantitative estimate of drug-likeness (QED) is 0.824. The molecule has 0 bridgehead atoms. The predicted molar refractivity (Wildman–Crippen MR) is 97.5 cm³/mol. The van der Waals surface area contributed by atoms with Gasteiger partial charge >= 0.3 is 0 Å². The highest BCUT2D eigenvalue weighted by atomic mass is 19.1. The molecule has 1 heterocycles.